The predicted octanol–water partition coefficient (Wildman–Crippen LogP) is 4.21. The summed E-state index contributed by atoms with van der Waals surface area (Å²) in [5.41, 5.74) is -0.715. The molecule has 104 valence electrons. The highest BCUT2D eigenvalue weighted by molar-refractivity contribution is 6.61. The van der Waals surface area contributed by atoms with Gasteiger partial charge in [0.1, 0.15) is 6.10 Å². The number of carbonyl (C=O) groups excluding carboxylic acids is 1. The summed E-state index contributed by atoms with van der Waals surface area (Å²) >= 11 is 5.02. The monoisotopic (exact) mass is 266 g/mol. The zero-order valence-corrected chi connectivity index (χ0v) is 13.1. The Morgan fingerprint density at radius 1 is 1.06 bits per heavy atom. The van der Waals surface area contributed by atoms with Crippen molar-refractivity contribution in [3.8, 4) is 0 Å². The number of hydrogen-bond donors (Lipinski definition) is 1. The summed E-state index contributed by atoms with van der Waals surface area (Å²) in [5, 5.41) is 8.89. The summed E-state index contributed by atoms with van der Waals surface area (Å²) in [5.74, 6) is 0. The largest absolute Gasteiger partial charge is 0.450 e. The van der Waals surface area contributed by atoms with E-state index in [4.69, 9.17) is 21.4 Å². The molecule has 0 bridgehead atoms. The van der Waals surface area contributed by atoms with Crippen molar-refractivity contribution in [2.24, 2.45) is 10.8 Å². The predicted molar refractivity (Wildman–Crippen MR) is 72.4 cm³/mol. The first-order valence-corrected chi connectivity index (χ1v) is 6.20. The van der Waals surface area contributed by atoms with Crippen LogP contribution in [0.5, 0.6) is 0 Å². The van der Waals surface area contributed by atoms with Gasteiger partial charge in [0.2, 0.25) is 0 Å². The van der Waals surface area contributed by atoms with E-state index < -0.39 is 5.43 Å². The Balaban J connectivity index is 0. The smallest absolute Gasteiger partial charge is 0.404 e. The number of aliphatic hydroxyl groups is 1. The summed E-state index contributed by atoms with van der Waals surface area (Å²) in [6.45, 7) is 15.6. The van der Waals surface area contributed by atoms with E-state index in [1.165, 1.54) is 0 Å². The van der Waals surface area contributed by atoms with Crippen molar-refractivity contribution in [3.63, 3.8) is 0 Å². The molecule has 3 nitrogen and oxygen atoms in total. The summed E-state index contributed by atoms with van der Waals surface area (Å²) in [4.78, 5) is 10.2. The van der Waals surface area contributed by atoms with Crippen molar-refractivity contribution >= 4 is 17.0 Å². The van der Waals surface area contributed by atoms with Gasteiger partial charge in [-0.3, -0.25) is 0 Å². The van der Waals surface area contributed by atoms with E-state index in [0.717, 1.165) is 0 Å². The molecule has 4 heteroatoms. The van der Waals surface area contributed by atoms with Crippen LogP contribution in [0.4, 0.5) is 4.79 Å². The molecular weight excluding hydrogens is 240 g/mol. The summed E-state index contributed by atoms with van der Waals surface area (Å²) in [6, 6.07) is 0. The molecule has 0 heterocycles. The zero-order valence-electron chi connectivity index (χ0n) is 12.3. The van der Waals surface area contributed by atoms with Crippen LogP contribution in [0.25, 0.3) is 0 Å². The van der Waals surface area contributed by atoms with Gasteiger partial charge in [-0.2, -0.15) is 0 Å². The molecule has 2 atom stereocenters. The summed E-state index contributed by atoms with van der Waals surface area (Å²) in [7, 11) is 0. The van der Waals surface area contributed by atoms with Gasteiger partial charge >= 0.3 is 5.43 Å². The zero-order chi connectivity index (χ0) is 14.4. The van der Waals surface area contributed by atoms with Gasteiger partial charge in [0.05, 0.1) is 6.10 Å². The molecule has 0 amide bonds. The molecule has 1 N–H and O–H groups in total. The lowest BCUT2D eigenvalue weighted by Crippen LogP contribution is -2.26. The first-order chi connectivity index (χ1) is 7.28. The molecule has 0 aliphatic carbocycles. The molecule has 0 aromatic heterocycles. The van der Waals surface area contributed by atoms with E-state index in [1.54, 1.807) is 6.92 Å². The van der Waals surface area contributed by atoms with Crippen molar-refractivity contribution in [3.05, 3.63) is 0 Å². The lowest BCUT2D eigenvalue weighted by atomic mass is 9.90. The molecular formula is C13H27ClO3. The maximum absolute atomic E-state index is 10.2. The van der Waals surface area contributed by atoms with E-state index in [0.29, 0.717) is 0 Å². The highest BCUT2D eigenvalue weighted by atomic mass is 35.5. The third-order valence-electron chi connectivity index (χ3n) is 2.74. The number of ether oxygens (including phenoxy) is 1. The van der Waals surface area contributed by atoms with Gasteiger partial charge in [-0.15, -0.1) is 0 Å². The van der Waals surface area contributed by atoms with Crippen molar-refractivity contribution in [1.29, 1.82) is 0 Å². The third kappa shape index (κ3) is 12.0. The summed E-state index contributed by atoms with van der Waals surface area (Å²) < 4.78 is 4.74. The highest BCUT2D eigenvalue weighted by Gasteiger charge is 2.22. The van der Waals surface area contributed by atoms with Crippen molar-refractivity contribution < 1.29 is 14.6 Å². The highest BCUT2D eigenvalue weighted by Crippen LogP contribution is 2.22. The Morgan fingerprint density at radius 3 is 1.41 bits per heavy atom. The second-order valence-corrected chi connectivity index (χ2v) is 6.71. The molecule has 0 aliphatic rings. The van der Waals surface area contributed by atoms with E-state index in [-0.39, 0.29) is 23.0 Å². The molecule has 0 spiro atoms. The SMILES string of the molecule is CC(O)C(C)(C)C.CC(OC(=O)Cl)C(C)(C)C. The van der Waals surface area contributed by atoms with Crippen LogP contribution in [0.2, 0.25) is 0 Å². The van der Waals surface area contributed by atoms with Gasteiger partial charge in [0.15, 0.2) is 0 Å². The van der Waals surface area contributed by atoms with Crippen molar-refractivity contribution in [2.45, 2.75) is 67.6 Å². The molecule has 0 fully saturated rings. The first-order valence-electron chi connectivity index (χ1n) is 5.82. The Labute approximate surface area is 110 Å². The van der Waals surface area contributed by atoms with Gasteiger partial charge in [0, 0.05) is 11.6 Å². The molecule has 2 unspecified atom stereocenters. The van der Waals surface area contributed by atoms with Gasteiger partial charge in [-0.05, 0) is 24.7 Å². The second-order valence-electron chi connectivity index (χ2n) is 6.41. The number of halogens is 1. The molecule has 0 saturated heterocycles. The van der Waals surface area contributed by atoms with Gasteiger partial charge in [-0.1, -0.05) is 41.5 Å². The fourth-order valence-electron chi connectivity index (χ4n) is 0.316. The Kier molecular flexibility index (Phi) is 8.10. The number of hydrogen-bond acceptors (Lipinski definition) is 3. The van der Waals surface area contributed by atoms with E-state index in [9.17, 15) is 4.79 Å². The maximum Gasteiger partial charge on any atom is 0.404 e. The maximum atomic E-state index is 10.2. The van der Waals surface area contributed by atoms with Gasteiger partial charge in [-0.25, -0.2) is 4.79 Å². The van der Waals surface area contributed by atoms with Gasteiger partial charge in [0.25, 0.3) is 0 Å². The Hall–Kier alpha value is -0.280. The summed E-state index contributed by atoms with van der Waals surface area (Å²) in [6.07, 6.45) is -0.343. The van der Waals surface area contributed by atoms with Crippen LogP contribution in [0, 0.1) is 10.8 Å². The van der Waals surface area contributed by atoms with E-state index >= 15 is 0 Å². The fourth-order valence-corrected chi connectivity index (χ4v) is 0.449. The quantitative estimate of drug-likeness (QED) is 0.723. The van der Waals surface area contributed by atoms with Crippen LogP contribution in [0.15, 0.2) is 0 Å². The molecule has 17 heavy (non-hydrogen) atoms. The number of carbonyl (C=O) groups is 1. The van der Waals surface area contributed by atoms with Crippen molar-refractivity contribution in [2.75, 3.05) is 0 Å². The second kappa shape index (κ2) is 7.22. The van der Waals surface area contributed by atoms with Crippen LogP contribution in [-0.2, 0) is 4.74 Å². The number of rotatable bonds is 1. The number of aliphatic hydroxyl groups excluding tert-OH is 1. The minimum Gasteiger partial charge on any atom is -0.450 e. The van der Waals surface area contributed by atoms with Crippen LogP contribution in [0.3, 0.4) is 0 Å². The average molecular weight is 267 g/mol. The molecule has 0 aromatic rings. The fraction of sp³-hybridized carbons (Fsp3) is 0.923. The van der Waals surface area contributed by atoms with Crippen LogP contribution in [0.1, 0.15) is 55.4 Å². The van der Waals surface area contributed by atoms with Crippen LogP contribution >= 0.6 is 11.6 Å². The normalized spacial score (nSPS) is 15.4. The topological polar surface area (TPSA) is 46.5 Å². The Morgan fingerprint density at radius 2 is 1.35 bits per heavy atom. The first kappa shape index (κ1) is 19.1. The standard InChI is InChI=1S/C7H13ClO2.C6H14O/c1-5(7(2,3)4)10-6(8)9;1-5(7)6(2,3)4/h5H,1-4H3;5,7H,1-4H3. The van der Waals surface area contributed by atoms with Gasteiger partial charge < -0.3 is 9.84 Å². The minimum absolute atomic E-state index is 0.0372. The lowest BCUT2D eigenvalue weighted by Gasteiger charge is -2.25. The van der Waals surface area contributed by atoms with E-state index in [2.05, 4.69) is 0 Å². The minimum atomic E-state index is -0.734. The van der Waals surface area contributed by atoms with Crippen molar-refractivity contribution in [1.82, 2.24) is 0 Å². The lowest BCUT2D eigenvalue weighted by molar-refractivity contribution is 0.0601. The molecule has 0 saturated carbocycles. The third-order valence-corrected chi connectivity index (χ3v) is 2.83. The molecule has 0 aromatic carbocycles. The molecule has 0 aliphatic heterocycles. The molecule has 0 radical (unpaired) electrons. The average Bonchev–Trinajstić information content (AvgIpc) is 1.99. The van der Waals surface area contributed by atoms with Crippen LogP contribution < -0.4 is 0 Å². The molecule has 0 rings (SSSR count). The van der Waals surface area contributed by atoms with Crippen LogP contribution in [-0.4, -0.2) is 22.7 Å². The van der Waals surface area contributed by atoms with E-state index in [1.807, 2.05) is 48.5 Å². The Bertz CT molecular complexity index is 224.